The molecule has 2 rings (SSSR count). The van der Waals surface area contributed by atoms with Crippen LogP contribution < -0.4 is 5.73 Å². The number of benzene rings is 1. The SMILES string of the molecule is Cc1cc(C(N)c2ccccc2)sc1Cl. The van der Waals surface area contributed by atoms with E-state index in [-0.39, 0.29) is 6.04 Å². The van der Waals surface area contributed by atoms with Crippen LogP contribution in [0.3, 0.4) is 0 Å². The smallest absolute Gasteiger partial charge is 0.0961 e. The van der Waals surface area contributed by atoms with Crippen LogP contribution in [0.25, 0.3) is 0 Å². The zero-order valence-corrected chi connectivity index (χ0v) is 9.98. The summed E-state index contributed by atoms with van der Waals surface area (Å²) in [6.45, 7) is 2.00. The lowest BCUT2D eigenvalue weighted by molar-refractivity contribution is 0.893. The van der Waals surface area contributed by atoms with Gasteiger partial charge in [0.05, 0.1) is 10.4 Å². The minimum Gasteiger partial charge on any atom is -0.320 e. The van der Waals surface area contributed by atoms with E-state index >= 15 is 0 Å². The van der Waals surface area contributed by atoms with Crippen molar-refractivity contribution in [3.8, 4) is 0 Å². The van der Waals surface area contributed by atoms with Crippen molar-refractivity contribution in [2.75, 3.05) is 0 Å². The molecule has 1 nitrogen and oxygen atoms in total. The van der Waals surface area contributed by atoms with Crippen molar-refractivity contribution in [1.29, 1.82) is 0 Å². The van der Waals surface area contributed by atoms with E-state index in [2.05, 4.69) is 6.07 Å². The second-order valence-corrected chi connectivity index (χ2v) is 5.18. The molecule has 0 bridgehead atoms. The Morgan fingerprint density at radius 1 is 1.27 bits per heavy atom. The first kappa shape index (κ1) is 10.7. The van der Waals surface area contributed by atoms with Gasteiger partial charge in [-0.2, -0.15) is 0 Å². The number of hydrogen-bond acceptors (Lipinski definition) is 2. The van der Waals surface area contributed by atoms with E-state index in [0.29, 0.717) is 0 Å². The third-order valence-electron chi connectivity index (χ3n) is 2.34. The number of thiophene rings is 1. The fourth-order valence-electron chi connectivity index (χ4n) is 1.46. The molecular weight excluding hydrogens is 226 g/mol. The summed E-state index contributed by atoms with van der Waals surface area (Å²) < 4.78 is 0.830. The average Bonchev–Trinajstić information content (AvgIpc) is 2.59. The minimum atomic E-state index is -0.0672. The third kappa shape index (κ3) is 2.23. The molecule has 1 atom stereocenters. The monoisotopic (exact) mass is 237 g/mol. The van der Waals surface area contributed by atoms with Crippen LogP contribution in [0.1, 0.15) is 22.0 Å². The molecule has 0 saturated carbocycles. The van der Waals surface area contributed by atoms with Crippen LogP contribution in [0.4, 0.5) is 0 Å². The summed E-state index contributed by atoms with van der Waals surface area (Å²) in [5.74, 6) is 0. The number of rotatable bonds is 2. The van der Waals surface area contributed by atoms with Crippen molar-refractivity contribution in [2.45, 2.75) is 13.0 Å². The Balaban J connectivity index is 2.32. The second-order valence-electron chi connectivity index (χ2n) is 3.49. The van der Waals surface area contributed by atoms with Crippen LogP contribution >= 0.6 is 22.9 Å². The Kier molecular flexibility index (Phi) is 3.10. The first-order chi connectivity index (χ1) is 7.18. The highest BCUT2D eigenvalue weighted by molar-refractivity contribution is 7.16. The fourth-order valence-corrected chi connectivity index (χ4v) is 2.71. The lowest BCUT2D eigenvalue weighted by Gasteiger charge is -2.08. The first-order valence-corrected chi connectivity index (χ1v) is 5.94. The fraction of sp³-hybridized carbons (Fsp3) is 0.167. The third-order valence-corrected chi connectivity index (χ3v) is 3.98. The Morgan fingerprint density at radius 2 is 1.93 bits per heavy atom. The maximum atomic E-state index is 6.15. The van der Waals surface area contributed by atoms with Crippen LogP contribution in [0.15, 0.2) is 36.4 Å². The van der Waals surface area contributed by atoms with E-state index in [1.54, 1.807) is 11.3 Å². The van der Waals surface area contributed by atoms with Crippen molar-refractivity contribution in [1.82, 2.24) is 0 Å². The molecule has 0 aliphatic heterocycles. The van der Waals surface area contributed by atoms with Crippen LogP contribution in [-0.4, -0.2) is 0 Å². The van der Waals surface area contributed by atoms with Gasteiger partial charge in [0.25, 0.3) is 0 Å². The maximum Gasteiger partial charge on any atom is 0.0961 e. The van der Waals surface area contributed by atoms with Gasteiger partial charge in [-0.25, -0.2) is 0 Å². The lowest BCUT2D eigenvalue weighted by atomic mass is 10.1. The number of hydrogen-bond donors (Lipinski definition) is 1. The van der Waals surface area contributed by atoms with Crippen LogP contribution in [0.2, 0.25) is 4.34 Å². The molecule has 2 aromatic rings. The molecule has 0 radical (unpaired) electrons. The summed E-state index contributed by atoms with van der Waals surface area (Å²) >= 11 is 7.58. The van der Waals surface area contributed by atoms with Crippen LogP contribution in [-0.2, 0) is 0 Å². The summed E-state index contributed by atoms with van der Waals surface area (Å²) in [6.07, 6.45) is 0. The van der Waals surface area contributed by atoms with Gasteiger partial charge in [0.1, 0.15) is 0 Å². The van der Waals surface area contributed by atoms with Gasteiger partial charge >= 0.3 is 0 Å². The molecule has 1 unspecified atom stereocenters. The zero-order valence-electron chi connectivity index (χ0n) is 8.41. The minimum absolute atomic E-state index is 0.0672. The summed E-state index contributed by atoms with van der Waals surface area (Å²) in [5, 5.41) is 0. The van der Waals surface area contributed by atoms with E-state index in [9.17, 15) is 0 Å². The quantitative estimate of drug-likeness (QED) is 0.846. The standard InChI is InChI=1S/C12H12ClNS/c1-8-7-10(15-12(8)13)11(14)9-5-3-2-4-6-9/h2-7,11H,14H2,1H3. The van der Waals surface area contributed by atoms with Gasteiger partial charge in [-0.15, -0.1) is 11.3 Å². The largest absolute Gasteiger partial charge is 0.320 e. The van der Waals surface area contributed by atoms with E-state index in [1.165, 1.54) is 0 Å². The van der Waals surface area contributed by atoms with Crippen molar-refractivity contribution in [3.05, 3.63) is 56.7 Å². The van der Waals surface area contributed by atoms with Crippen LogP contribution in [0.5, 0.6) is 0 Å². The van der Waals surface area contributed by atoms with E-state index < -0.39 is 0 Å². The molecule has 1 aromatic heterocycles. The molecule has 3 heteroatoms. The van der Waals surface area contributed by atoms with Crippen molar-refractivity contribution < 1.29 is 0 Å². The molecule has 0 aliphatic carbocycles. The predicted octanol–water partition coefficient (Wildman–Crippen LogP) is 3.76. The average molecular weight is 238 g/mol. The molecule has 0 fully saturated rings. The van der Waals surface area contributed by atoms with E-state index in [4.69, 9.17) is 17.3 Å². The lowest BCUT2D eigenvalue weighted by Crippen LogP contribution is -2.09. The summed E-state index contributed by atoms with van der Waals surface area (Å²) in [6, 6.07) is 12.0. The highest BCUT2D eigenvalue weighted by Crippen LogP contribution is 2.32. The van der Waals surface area contributed by atoms with Crippen LogP contribution in [0, 0.1) is 6.92 Å². The Hall–Kier alpha value is -0.830. The number of halogens is 1. The Morgan fingerprint density at radius 3 is 2.47 bits per heavy atom. The molecule has 0 spiro atoms. The van der Waals surface area contributed by atoms with Crippen molar-refractivity contribution in [3.63, 3.8) is 0 Å². The molecular formula is C12H12ClNS. The van der Waals surface area contributed by atoms with Crippen molar-refractivity contribution in [2.24, 2.45) is 5.73 Å². The molecule has 15 heavy (non-hydrogen) atoms. The predicted molar refractivity (Wildman–Crippen MR) is 66.5 cm³/mol. The topological polar surface area (TPSA) is 26.0 Å². The molecule has 2 N–H and O–H groups in total. The Labute approximate surface area is 98.5 Å². The van der Waals surface area contributed by atoms with Gasteiger partial charge in [-0.05, 0) is 24.1 Å². The van der Waals surface area contributed by atoms with Gasteiger partial charge in [0.2, 0.25) is 0 Å². The van der Waals surface area contributed by atoms with E-state index in [1.807, 2.05) is 37.3 Å². The van der Waals surface area contributed by atoms with Gasteiger partial charge in [0.15, 0.2) is 0 Å². The summed E-state index contributed by atoms with van der Waals surface area (Å²) in [4.78, 5) is 1.11. The zero-order chi connectivity index (χ0) is 10.8. The normalized spacial score (nSPS) is 12.7. The molecule has 1 aromatic carbocycles. The van der Waals surface area contributed by atoms with Gasteiger partial charge in [0, 0.05) is 4.88 Å². The molecule has 0 saturated heterocycles. The number of aryl methyl sites for hydroxylation is 1. The highest BCUT2D eigenvalue weighted by Gasteiger charge is 2.12. The second kappa shape index (κ2) is 4.35. The molecule has 1 heterocycles. The molecule has 78 valence electrons. The Bertz CT molecular complexity index is 430. The summed E-state index contributed by atoms with van der Waals surface area (Å²) in [7, 11) is 0. The summed E-state index contributed by atoms with van der Waals surface area (Å²) in [5.41, 5.74) is 8.37. The number of nitrogens with two attached hydrogens (primary N) is 1. The van der Waals surface area contributed by atoms with Gasteiger partial charge in [-0.3, -0.25) is 0 Å². The van der Waals surface area contributed by atoms with E-state index in [0.717, 1.165) is 20.3 Å². The molecule has 0 amide bonds. The van der Waals surface area contributed by atoms with Crippen molar-refractivity contribution >= 4 is 22.9 Å². The first-order valence-electron chi connectivity index (χ1n) is 4.75. The maximum absolute atomic E-state index is 6.15. The van der Waals surface area contributed by atoms with Gasteiger partial charge < -0.3 is 5.73 Å². The molecule has 0 aliphatic rings. The van der Waals surface area contributed by atoms with Gasteiger partial charge in [-0.1, -0.05) is 41.9 Å². The highest BCUT2D eigenvalue weighted by atomic mass is 35.5.